The van der Waals surface area contributed by atoms with Gasteiger partial charge in [-0.25, -0.2) is 0 Å². The molecule has 1 aliphatic rings. The van der Waals surface area contributed by atoms with Crippen molar-refractivity contribution in [2.75, 3.05) is 5.32 Å². The second kappa shape index (κ2) is 5.32. The number of nitrogens with zero attached hydrogens (tertiary/aromatic N) is 1. The van der Waals surface area contributed by atoms with E-state index < -0.39 is 0 Å². The quantitative estimate of drug-likeness (QED) is 0.681. The number of aromatic nitrogens is 1. The number of fused-ring (bicyclic) bond motifs is 2. The summed E-state index contributed by atoms with van der Waals surface area (Å²) in [6, 6.07) is 10.6. The minimum Gasteiger partial charge on any atom is -0.376 e. The first-order valence-electron chi connectivity index (χ1n) is 7.19. The number of thiophene rings is 1. The lowest BCUT2D eigenvalue weighted by Gasteiger charge is -2.25. The molecule has 2 heterocycles. The number of pyridine rings is 1. The Labute approximate surface area is 132 Å². The molecule has 1 aromatic carbocycles. The van der Waals surface area contributed by atoms with Crippen molar-refractivity contribution in [3.05, 3.63) is 57.4 Å². The van der Waals surface area contributed by atoms with Gasteiger partial charge in [-0.05, 0) is 60.5 Å². The van der Waals surface area contributed by atoms with Gasteiger partial charge < -0.3 is 5.32 Å². The average molecular weight is 315 g/mol. The maximum absolute atomic E-state index is 6.27. The van der Waals surface area contributed by atoms with E-state index in [1.54, 1.807) is 0 Å². The lowest BCUT2D eigenvalue weighted by Crippen LogP contribution is -2.15. The van der Waals surface area contributed by atoms with Gasteiger partial charge in [-0.15, -0.1) is 11.3 Å². The molecule has 21 heavy (non-hydrogen) atoms. The fourth-order valence-electron chi connectivity index (χ4n) is 3.08. The largest absolute Gasteiger partial charge is 0.376 e. The third-order valence-electron chi connectivity index (χ3n) is 4.10. The summed E-state index contributed by atoms with van der Waals surface area (Å²) in [6.07, 6.45) is 5.44. The molecule has 4 rings (SSSR count). The molecule has 0 aliphatic heterocycles. The van der Waals surface area contributed by atoms with Crippen molar-refractivity contribution in [2.24, 2.45) is 0 Å². The molecule has 106 valence electrons. The second-order valence-electron chi connectivity index (χ2n) is 5.38. The minimum absolute atomic E-state index is 0.381. The Morgan fingerprint density at radius 1 is 1.24 bits per heavy atom. The second-order valence-corrected chi connectivity index (χ2v) is 6.79. The van der Waals surface area contributed by atoms with E-state index in [1.165, 1.54) is 29.7 Å². The van der Waals surface area contributed by atoms with Gasteiger partial charge in [-0.1, -0.05) is 11.6 Å². The molecule has 3 aromatic rings. The van der Waals surface area contributed by atoms with E-state index in [-0.39, 0.29) is 0 Å². The van der Waals surface area contributed by atoms with Gasteiger partial charge in [0.15, 0.2) is 0 Å². The summed E-state index contributed by atoms with van der Waals surface area (Å²) in [5.41, 5.74) is 3.47. The first-order valence-corrected chi connectivity index (χ1v) is 8.45. The van der Waals surface area contributed by atoms with Gasteiger partial charge in [0.1, 0.15) is 0 Å². The standard InChI is InChI=1S/C17H15ClN2S/c18-13-6-7-15(17-11(13)3-2-9-19-17)20-14-4-1-5-16-12(14)8-10-21-16/h2-3,6-10,14,20H,1,4-5H2. The SMILES string of the molecule is Clc1ccc(NC2CCCc3sccc32)c2ncccc12. The van der Waals surface area contributed by atoms with Gasteiger partial charge in [0, 0.05) is 16.5 Å². The fraction of sp³-hybridized carbons (Fsp3) is 0.235. The van der Waals surface area contributed by atoms with E-state index >= 15 is 0 Å². The third-order valence-corrected chi connectivity index (χ3v) is 5.42. The summed E-state index contributed by atoms with van der Waals surface area (Å²) in [5.74, 6) is 0. The first-order chi connectivity index (χ1) is 10.3. The first kappa shape index (κ1) is 13.1. The topological polar surface area (TPSA) is 24.9 Å². The smallest absolute Gasteiger partial charge is 0.0948 e. The highest BCUT2D eigenvalue weighted by atomic mass is 35.5. The zero-order valence-electron chi connectivity index (χ0n) is 11.5. The van der Waals surface area contributed by atoms with E-state index in [0.717, 1.165) is 21.6 Å². The van der Waals surface area contributed by atoms with Crippen LogP contribution >= 0.6 is 22.9 Å². The van der Waals surface area contributed by atoms with E-state index in [2.05, 4.69) is 21.7 Å². The fourth-order valence-corrected chi connectivity index (χ4v) is 4.28. The molecule has 1 unspecified atom stereocenters. The zero-order valence-corrected chi connectivity index (χ0v) is 13.0. The van der Waals surface area contributed by atoms with Crippen molar-refractivity contribution in [1.29, 1.82) is 0 Å². The average Bonchev–Trinajstić information content (AvgIpc) is 3.00. The number of benzene rings is 1. The highest BCUT2D eigenvalue weighted by molar-refractivity contribution is 7.10. The molecule has 0 bridgehead atoms. The Kier molecular flexibility index (Phi) is 3.32. The highest BCUT2D eigenvalue weighted by Crippen LogP contribution is 2.37. The zero-order chi connectivity index (χ0) is 14.2. The summed E-state index contributed by atoms with van der Waals surface area (Å²) in [4.78, 5) is 6.03. The van der Waals surface area contributed by atoms with Crippen LogP contribution in [0.15, 0.2) is 41.9 Å². The lowest BCUT2D eigenvalue weighted by atomic mass is 9.93. The van der Waals surface area contributed by atoms with E-state index in [9.17, 15) is 0 Å². The molecular weight excluding hydrogens is 300 g/mol. The van der Waals surface area contributed by atoms with Crippen LogP contribution in [-0.2, 0) is 6.42 Å². The van der Waals surface area contributed by atoms with Gasteiger partial charge in [0.2, 0.25) is 0 Å². The van der Waals surface area contributed by atoms with Crippen molar-refractivity contribution in [3.8, 4) is 0 Å². The number of aryl methyl sites for hydroxylation is 1. The summed E-state index contributed by atoms with van der Waals surface area (Å²) in [5, 5.41) is 7.63. The van der Waals surface area contributed by atoms with E-state index in [4.69, 9.17) is 11.6 Å². The van der Waals surface area contributed by atoms with Gasteiger partial charge in [0.25, 0.3) is 0 Å². The molecule has 0 radical (unpaired) electrons. The summed E-state index contributed by atoms with van der Waals surface area (Å²) >= 11 is 8.14. The van der Waals surface area contributed by atoms with Crippen LogP contribution in [0.1, 0.15) is 29.3 Å². The summed E-state index contributed by atoms with van der Waals surface area (Å²) in [7, 11) is 0. The van der Waals surface area contributed by atoms with E-state index in [1.807, 2.05) is 41.8 Å². The van der Waals surface area contributed by atoms with Gasteiger partial charge in [-0.2, -0.15) is 0 Å². The highest BCUT2D eigenvalue weighted by Gasteiger charge is 2.21. The maximum atomic E-state index is 6.27. The molecule has 0 saturated carbocycles. The molecule has 1 atom stereocenters. The Balaban J connectivity index is 1.75. The number of nitrogens with one attached hydrogen (secondary N) is 1. The summed E-state index contributed by atoms with van der Waals surface area (Å²) < 4.78 is 0. The number of halogens is 1. The van der Waals surface area contributed by atoms with Crippen molar-refractivity contribution in [2.45, 2.75) is 25.3 Å². The van der Waals surface area contributed by atoms with Crippen LogP contribution in [0.2, 0.25) is 5.02 Å². The van der Waals surface area contributed by atoms with Crippen molar-refractivity contribution >= 4 is 39.5 Å². The molecule has 2 nitrogen and oxygen atoms in total. The number of hydrogen-bond acceptors (Lipinski definition) is 3. The Hall–Kier alpha value is -1.58. The monoisotopic (exact) mass is 314 g/mol. The number of rotatable bonds is 2. The molecule has 2 aromatic heterocycles. The molecule has 0 saturated heterocycles. The minimum atomic E-state index is 0.381. The Morgan fingerprint density at radius 3 is 3.14 bits per heavy atom. The molecule has 1 aliphatic carbocycles. The van der Waals surface area contributed by atoms with Crippen LogP contribution < -0.4 is 5.32 Å². The van der Waals surface area contributed by atoms with Crippen LogP contribution in [0.4, 0.5) is 5.69 Å². The van der Waals surface area contributed by atoms with Gasteiger partial charge in [-0.3, -0.25) is 4.98 Å². The number of hydrogen-bond donors (Lipinski definition) is 1. The normalized spacial score (nSPS) is 17.7. The van der Waals surface area contributed by atoms with Crippen molar-refractivity contribution in [3.63, 3.8) is 0 Å². The Bertz CT molecular complexity index is 796. The van der Waals surface area contributed by atoms with Crippen LogP contribution in [0.5, 0.6) is 0 Å². The van der Waals surface area contributed by atoms with Crippen LogP contribution in [0, 0.1) is 0 Å². The molecule has 0 amide bonds. The molecule has 1 N–H and O–H groups in total. The lowest BCUT2D eigenvalue weighted by molar-refractivity contribution is 0.609. The molecule has 0 fully saturated rings. The number of anilines is 1. The van der Waals surface area contributed by atoms with Gasteiger partial charge in [0.05, 0.1) is 22.3 Å². The van der Waals surface area contributed by atoms with Gasteiger partial charge >= 0.3 is 0 Å². The predicted molar refractivity (Wildman–Crippen MR) is 90.4 cm³/mol. The van der Waals surface area contributed by atoms with Crippen LogP contribution in [0.25, 0.3) is 10.9 Å². The predicted octanol–water partition coefficient (Wildman–Crippen LogP) is 5.44. The Morgan fingerprint density at radius 2 is 2.19 bits per heavy atom. The maximum Gasteiger partial charge on any atom is 0.0948 e. The van der Waals surface area contributed by atoms with Crippen LogP contribution in [-0.4, -0.2) is 4.98 Å². The molecule has 0 spiro atoms. The van der Waals surface area contributed by atoms with Crippen molar-refractivity contribution in [1.82, 2.24) is 4.98 Å². The summed E-state index contributed by atoms with van der Waals surface area (Å²) in [6.45, 7) is 0. The molecular formula is C17H15ClN2S. The third kappa shape index (κ3) is 2.30. The van der Waals surface area contributed by atoms with Crippen LogP contribution in [0.3, 0.4) is 0 Å². The van der Waals surface area contributed by atoms with Crippen molar-refractivity contribution < 1.29 is 0 Å². The van der Waals surface area contributed by atoms with E-state index in [0.29, 0.717) is 6.04 Å². The molecule has 4 heteroatoms.